The van der Waals surface area contributed by atoms with Gasteiger partial charge in [-0.1, -0.05) is 6.08 Å². The molecule has 0 amide bonds. The van der Waals surface area contributed by atoms with E-state index in [1.165, 1.54) is 19.3 Å². The molecule has 1 saturated heterocycles. The molecule has 1 aliphatic heterocycles. The van der Waals surface area contributed by atoms with Gasteiger partial charge in [-0.15, -0.1) is 6.58 Å². The lowest BCUT2D eigenvalue weighted by atomic mass is 9.75. The lowest BCUT2D eigenvalue weighted by Crippen LogP contribution is -2.27. The predicted octanol–water partition coefficient (Wildman–Crippen LogP) is 2.23. The zero-order valence-electron chi connectivity index (χ0n) is 7.86. The van der Waals surface area contributed by atoms with Crippen LogP contribution < -0.4 is 0 Å². The van der Waals surface area contributed by atoms with Crippen LogP contribution in [-0.4, -0.2) is 12.2 Å². The summed E-state index contributed by atoms with van der Waals surface area (Å²) in [4.78, 5) is 0. The Balaban J connectivity index is 1.69. The van der Waals surface area contributed by atoms with E-state index in [1.807, 2.05) is 0 Å². The van der Waals surface area contributed by atoms with Crippen molar-refractivity contribution in [1.29, 1.82) is 0 Å². The average molecular weight is 176 g/mol. The number of allylic oxidation sites excluding steroid dienone is 1. The minimum Gasteiger partial charge on any atom is -0.369 e. The van der Waals surface area contributed by atoms with Crippen molar-refractivity contribution in [2.75, 3.05) is 0 Å². The first-order chi connectivity index (χ1) is 6.38. The van der Waals surface area contributed by atoms with Gasteiger partial charge in [-0.05, 0) is 48.9 Å². The summed E-state index contributed by atoms with van der Waals surface area (Å²) in [6.07, 6.45) is 7.88. The number of hydrogen-bond donors (Lipinski definition) is 0. The van der Waals surface area contributed by atoms with Gasteiger partial charge in [0.15, 0.2) is 0 Å². The summed E-state index contributed by atoms with van der Waals surface area (Å²) >= 11 is 0. The van der Waals surface area contributed by atoms with Crippen molar-refractivity contribution in [3.05, 3.63) is 12.7 Å². The van der Waals surface area contributed by atoms with Crippen LogP contribution in [0.3, 0.4) is 0 Å². The molecule has 13 heavy (non-hydrogen) atoms. The van der Waals surface area contributed by atoms with Crippen molar-refractivity contribution in [2.45, 2.75) is 31.5 Å². The molecule has 0 aromatic carbocycles. The highest BCUT2D eigenvalue weighted by molar-refractivity contribution is 5.15. The summed E-state index contributed by atoms with van der Waals surface area (Å²) in [5, 5.41) is 0. The lowest BCUT2D eigenvalue weighted by molar-refractivity contribution is 0.128. The number of epoxide rings is 1. The van der Waals surface area contributed by atoms with Crippen LogP contribution >= 0.6 is 0 Å². The van der Waals surface area contributed by atoms with E-state index in [-0.39, 0.29) is 0 Å². The summed E-state index contributed by atoms with van der Waals surface area (Å²) in [6.45, 7) is 3.97. The van der Waals surface area contributed by atoms with Crippen LogP contribution in [0.1, 0.15) is 19.3 Å². The molecule has 1 heterocycles. The van der Waals surface area contributed by atoms with Crippen LogP contribution in [0.2, 0.25) is 0 Å². The maximum absolute atomic E-state index is 5.66. The van der Waals surface area contributed by atoms with Gasteiger partial charge in [0.2, 0.25) is 0 Å². The molecule has 0 N–H and O–H groups in total. The van der Waals surface area contributed by atoms with Crippen molar-refractivity contribution >= 4 is 0 Å². The number of hydrogen-bond acceptors (Lipinski definition) is 1. The van der Waals surface area contributed by atoms with Gasteiger partial charge in [0.05, 0.1) is 12.2 Å². The maximum atomic E-state index is 5.66. The van der Waals surface area contributed by atoms with Crippen LogP contribution in [0, 0.1) is 29.6 Å². The van der Waals surface area contributed by atoms with E-state index in [4.69, 9.17) is 4.74 Å². The predicted molar refractivity (Wildman–Crippen MR) is 50.2 cm³/mol. The Labute approximate surface area is 79.2 Å². The van der Waals surface area contributed by atoms with E-state index in [2.05, 4.69) is 12.7 Å². The van der Waals surface area contributed by atoms with Crippen molar-refractivity contribution < 1.29 is 4.74 Å². The molecule has 0 aromatic heterocycles. The van der Waals surface area contributed by atoms with Gasteiger partial charge in [0, 0.05) is 0 Å². The first kappa shape index (κ1) is 7.05. The molecule has 4 aliphatic rings. The van der Waals surface area contributed by atoms with Gasteiger partial charge in [-0.25, -0.2) is 0 Å². The third-order valence-electron chi connectivity index (χ3n) is 5.10. The molecule has 1 nitrogen and oxygen atoms in total. The highest BCUT2D eigenvalue weighted by Gasteiger charge is 2.65. The molecule has 0 radical (unpaired) electrons. The van der Waals surface area contributed by atoms with Crippen LogP contribution in [0.15, 0.2) is 12.7 Å². The molecule has 0 spiro atoms. The largest absolute Gasteiger partial charge is 0.369 e. The normalized spacial score (nSPS) is 66.3. The SMILES string of the molecule is C=CC1CC2CC1C1CC3OC3C21. The summed E-state index contributed by atoms with van der Waals surface area (Å²) in [7, 11) is 0. The minimum absolute atomic E-state index is 0.684. The molecule has 1 heteroatoms. The molecule has 4 fully saturated rings. The van der Waals surface area contributed by atoms with Gasteiger partial charge in [-0.3, -0.25) is 0 Å². The standard InChI is InChI=1S/C12H16O/c1-2-6-3-7-4-8(6)9-5-10-12(13-10)11(7)9/h2,6-12H,1,3-5H2. The Kier molecular flexibility index (Phi) is 1.10. The summed E-state index contributed by atoms with van der Waals surface area (Å²) in [6, 6.07) is 0. The topological polar surface area (TPSA) is 12.5 Å². The Bertz CT molecular complexity index is 272. The van der Waals surface area contributed by atoms with Crippen molar-refractivity contribution in [3.63, 3.8) is 0 Å². The molecule has 7 unspecified atom stereocenters. The van der Waals surface area contributed by atoms with Crippen LogP contribution in [0.5, 0.6) is 0 Å². The highest BCUT2D eigenvalue weighted by atomic mass is 16.6. The molecular formula is C12H16O. The van der Waals surface area contributed by atoms with Gasteiger partial charge in [0.25, 0.3) is 0 Å². The lowest BCUT2D eigenvalue weighted by Gasteiger charge is -2.30. The second kappa shape index (κ2) is 2.03. The number of ether oxygens (including phenoxy) is 1. The van der Waals surface area contributed by atoms with Crippen molar-refractivity contribution in [3.8, 4) is 0 Å². The average Bonchev–Trinajstić information content (AvgIpc) is 2.61. The van der Waals surface area contributed by atoms with Crippen LogP contribution in [0.25, 0.3) is 0 Å². The summed E-state index contributed by atoms with van der Waals surface area (Å²) < 4.78 is 5.66. The van der Waals surface area contributed by atoms with Gasteiger partial charge in [-0.2, -0.15) is 0 Å². The van der Waals surface area contributed by atoms with E-state index in [0.717, 1.165) is 29.6 Å². The van der Waals surface area contributed by atoms with Crippen molar-refractivity contribution in [1.82, 2.24) is 0 Å². The summed E-state index contributed by atoms with van der Waals surface area (Å²) in [5.74, 6) is 4.82. The molecule has 7 atom stereocenters. The van der Waals surface area contributed by atoms with Gasteiger partial charge >= 0.3 is 0 Å². The van der Waals surface area contributed by atoms with Crippen molar-refractivity contribution in [2.24, 2.45) is 29.6 Å². The molecular weight excluding hydrogens is 160 g/mol. The molecule has 2 bridgehead atoms. The smallest absolute Gasteiger partial charge is 0.0875 e. The van der Waals surface area contributed by atoms with E-state index in [1.54, 1.807) is 0 Å². The third kappa shape index (κ3) is 0.698. The van der Waals surface area contributed by atoms with Gasteiger partial charge in [0.1, 0.15) is 0 Å². The molecule has 3 aliphatic carbocycles. The Morgan fingerprint density at radius 3 is 2.92 bits per heavy atom. The molecule has 3 saturated carbocycles. The monoisotopic (exact) mass is 176 g/mol. The highest BCUT2D eigenvalue weighted by Crippen LogP contribution is 2.65. The second-order valence-electron chi connectivity index (χ2n) is 5.41. The van der Waals surface area contributed by atoms with E-state index >= 15 is 0 Å². The number of fused-ring (bicyclic) bond motifs is 7. The molecule has 0 aromatic rings. The first-order valence-corrected chi connectivity index (χ1v) is 5.66. The fraction of sp³-hybridized carbons (Fsp3) is 0.833. The van der Waals surface area contributed by atoms with Crippen LogP contribution in [0.4, 0.5) is 0 Å². The minimum atomic E-state index is 0.684. The molecule has 70 valence electrons. The zero-order valence-corrected chi connectivity index (χ0v) is 7.86. The summed E-state index contributed by atoms with van der Waals surface area (Å²) in [5.41, 5.74) is 0. The first-order valence-electron chi connectivity index (χ1n) is 5.66. The second-order valence-corrected chi connectivity index (χ2v) is 5.41. The maximum Gasteiger partial charge on any atom is 0.0875 e. The van der Waals surface area contributed by atoms with Gasteiger partial charge < -0.3 is 4.74 Å². The van der Waals surface area contributed by atoms with Crippen LogP contribution in [-0.2, 0) is 4.74 Å². The fourth-order valence-electron chi connectivity index (χ4n) is 4.65. The zero-order chi connectivity index (χ0) is 8.58. The van der Waals surface area contributed by atoms with E-state index < -0.39 is 0 Å². The Hall–Kier alpha value is -0.300. The Morgan fingerprint density at radius 1 is 1.15 bits per heavy atom. The van der Waals surface area contributed by atoms with E-state index in [0.29, 0.717) is 12.2 Å². The van der Waals surface area contributed by atoms with E-state index in [9.17, 15) is 0 Å². The number of rotatable bonds is 1. The third-order valence-corrected chi connectivity index (χ3v) is 5.10. The Morgan fingerprint density at radius 2 is 2.08 bits per heavy atom. The molecule has 4 rings (SSSR count). The quantitative estimate of drug-likeness (QED) is 0.441. The fourth-order valence-corrected chi connectivity index (χ4v) is 4.65.